The molecule has 4 aromatic rings. The number of aryl methyl sites for hydroxylation is 1. The molecule has 0 radical (unpaired) electrons. The van der Waals surface area contributed by atoms with E-state index in [4.69, 9.17) is 23.2 Å². The molecule has 1 heterocycles. The second-order valence-corrected chi connectivity index (χ2v) is 10.4. The Morgan fingerprint density at radius 1 is 1.03 bits per heavy atom. The third kappa shape index (κ3) is 4.45. The number of halogens is 3. The van der Waals surface area contributed by atoms with Crippen LogP contribution in [0.4, 0.5) is 15.8 Å². The van der Waals surface area contributed by atoms with Gasteiger partial charge in [0, 0.05) is 15.8 Å². The minimum atomic E-state index is -3.97. The number of carbonyl (C=O) groups is 1. The molecule has 0 atom stereocenters. The van der Waals surface area contributed by atoms with Crippen molar-refractivity contribution in [1.29, 1.82) is 0 Å². The van der Waals surface area contributed by atoms with Crippen LogP contribution in [-0.4, -0.2) is 14.3 Å². The van der Waals surface area contributed by atoms with E-state index in [0.717, 1.165) is 11.3 Å². The zero-order valence-corrected chi connectivity index (χ0v) is 19.6. The third-order valence-electron chi connectivity index (χ3n) is 4.65. The zero-order valence-electron chi connectivity index (χ0n) is 16.4. The molecule has 0 bridgehead atoms. The number of anilines is 2. The summed E-state index contributed by atoms with van der Waals surface area (Å²) in [7, 11) is -3.97. The summed E-state index contributed by atoms with van der Waals surface area (Å²) < 4.78 is 42.4. The third-order valence-corrected chi connectivity index (χ3v) is 8.14. The van der Waals surface area contributed by atoms with E-state index in [0.29, 0.717) is 15.6 Å². The maximum Gasteiger partial charge on any atom is 0.267 e. The molecule has 0 fully saturated rings. The van der Waals surface area contributed by atoms with Crippen molar-refractivity contribution >= 4 is 71.9 Å². The van der Waals surface area contributed by atoms with Gasteiger partial charge < -0.3 is 5.32 Å². The van der Waals surface area contributed by atoms with Crippen molar-refractivity contribution in [2.45, 2.75) is 11.8 Å². The summed E-state index contributed by atoms with van der Waals surface area (Å²) in [5.74, 6) is -0.954. The number of para-hydroxylation sites is 1. The normalized spacial score (nSPS) is 11.5. The standard InChI is InChI=1S/C22H15Cl2FN2O3S2/c1-12-6-8-14(11-19(12)32(29,30)27-17-5-3-2-4-16(17)23)26-22(28)21-20(24)15-9-7-13(25)10-18(15)31-21/h2-11,27H,1H3,(H,26,28). The lowest BCUT2D eigenvalue weighted by Crippen LogP contribution is -2.16. The molecule has 0 saturated carbocycles. The predicted octanol–water partition coefficient (Wildman–Crippen LogP) is 6.71. The minimum Gasteiger partial charge on any atom is -0.321 e. The zero-order chi connectivity index (χ0) is 23.0. The van der Waals surface area contributed by atoms with E-state index in [2.05, 4.69) is 10.0 Å². The SMILES string of the molecule is Cc1ccc(NC(=O)c2sc3cc(F)ccc3c2Cl)cc1S(=O)(=O)Nc1ccccc1Cl. The second kappa shape index (κ2) is 8.71. The maximum absolute atomic E-state index is 13.5. The number of hydrogen-bond donors (Lipinski definition) is 2. The van der Waals surface area contributed by atoms with Crippen molar-refractivity contribution in [2.75, 3.05) is 10.0 Å². The fraction of sp³-hybridized carbons (Fsp3) is 0.0455. The molecule has 0 unspecified atom stereocenters. The van der Waals surface area contributed by atoms with Crippen LogP contribution in [-0.2, 0) is 10.0 Å². The van der Waals surface area contributed by atoms with Gasteiger partial charge in [-0.05, 0) is 55.0 Å². The molecule has 4 rings (SSSR count). The molecule has 10 heteroatoms. The molecule has 0 aliphatic rings. The van der Waals surface area contributed by atoms with Gasteiger partial charge in [-0.2, -0.15) is 0 Å². The smallest absolute Gasteiger partial charge is 0.267 e. The van der Waals surface area contributed by atoms with Crippen LogP contribution in [0.5, 0.6) is 0 Å². The summed E-state index contributed by atoms with van der Waals surface area (Å²) in [4.78, 5) is 13.0. The van der Waals surface area contributed by atoms with Crippen LogP contribution in [0.15, 0.2) is 65.6 Å². The van der Waals surface area contributed by atoms with Crippen molar-refractivity contribution in [3.8, 4) is 0 Å². The molecule has 1 amide bonds. The van der Waals surface area contributed by atoms with Crippen LogP contribution < -0.4 is 10.0 Å². The highest BCUT2D eigenvalue weighted by Crippen LogP contribution is 2.36. The van der Waals surface area contributed by atoms with Gasteiger partial charge in [-0.15, -0.1) is 11.3 Å². The van der Waals surface area contributed by atoms with Crippen molar-refractivity contribution < 1.29 is 17.6 Å². The Morgan fingerprint density at radius 2 is 1.78 bits per heavy atom. The van der Waals surface area contributed by atoms with Crippen molar-refractivity contribution in [3.63, 3.8) is 0 Å². The highest BCUT2D eigenvalue weighted by Gasteiger charge is 2.21. The number of carbonyl (C=O) groups excluding carboxylic acids is 1. The molecular formula is C22H15Cl2FN2O3S2. The van der Waals surface area contributed by atoms with Crippen LogP contribution in [0.1, 0.15) is 15.2 Å². The second-order valence-electron chi connectivity index (χ2n) is 6.91. The van der Waals surface area contributed by atoms with E-state index in [-0.39, 0.29) is 31.2 Å². The van der Waals surface area contributed by atoms with Crippen LogP contribution >= 0.6 is 34.5 Å². The molecule has 0 aliphatic carbocycles. The molecule has 2 N–H and O–H groups in total. The number of nitrogens with one attached hydrogen (secondary N) is 2. The molecule has 1 aromatic heterocycles. The Labute approximate surface area is 197 Å². The van der Waals surface area contributed by atoms with Gasteiger partial charge in [0.25, 0.3) is 15.9 Å². The summed E-state index contributed by atoms with van der Waals surface area (Å²) in [6.45, 7) is 1.64. The van der Waals surface area contributed by atoms with Crippen molar-refractivity contribution in [2.24, 2.45) is 0 Å². The van der Waals surface area contributed by atoms with Gasteiger partial charge in [-0.25, -0.2) is 12.8 Å². The van der Waals surface area contributed by atoms with E-state index < -0.39 is 21.7 Å². The molecule has 3 aromatic carbocycles. The van der Waals surface area contributed by atoms with Gasteiger partial charge >= 0.3 is 0 Å². The van der Waals surface area contributed by atoms with Gasteiger partial charge in [-0.3, -0.25) is 9.52 Å². The summed E-state index contributed by atoms with van der Waals surface area (Å²) in [5.41, 5.74) is 0.991. The average molecular weight is 509 g/mol. The topological polar surface area (TPSA) is 75.3 Å². The lowest BCUT2D eigenvalue weighted by molar-refractivity contribution is 0.103. The summed E-state index contributed by atoms with van der Waals surface area (Å²) in [5, 5.41) is 3.70. The Bertz CT molecular complexity index is 1470. The molecular weight excluding hydrogens is 494 g/mol. The summed E-state index contributed by atoms with van der Waals surface area (Å²) in [6.07, 6.45) is 0. The Hall–Kier alpha value is -2.65. The molecule has 0 saturated heterocycles. The average Bonchev–Trinajstić information content (AvgIpc) is 3.06. The number of hydrogen-bond acceptors (Lipinski definition) is 4. The Balaban J connectivity index is 1.64. The van der Waals surface area contributed by atoms with Gasteiger partial charge in [-0.1, -0.05) is 41.4 Å². The Kier molecular flexibility index (Phi) is 6.13. The number of rotatable bonds is 5. The summed E-state index contributed by atoms with van der Waals surface area (Å²) >= 11 is 13.4. The van der Waals surface area contributed by atoms with E-state index in [1.807, 2.05) is 0 Å². The van der Waals surface area contributed by atoms with Crippen molar-refractivity contribution in [1.82, 2.24) is 0 Å². The Morgan fingerprint density at radius 3 is 2.53 bits per heavy atom. The molecule has 32 heavy (non-hydrogen) atoms. The van der Waals surface area contributed by atoms with Gasteiger partial charge in [0.1, 0.15) is 10.7 Å². The minimum absolute atomic E-state index is 0.0141. The van der Waals surface area contributed by atoms with E-state index in [1.165, 1.54) is 24.3 Å². The number of benzene rings is 3. The highest BCUT2D eigenvalue weighted by atomic mass is 35.5. The first-order chi connectivity index (χ1) is 15.2. The van der Waals surface area contributed by atoms with Gasteiger partial charge in [0.15, 0.2) is 0 Å². The monoisotopic (exact) mass is 508 g/mol. The van der Waals surface area contributed by atoms with E-state index in [1.54, 1.807) is 43.3 Å². The van der Waals surface area contributed by atoms with E-state index in [9.17, 15) is 17.6 Å². The largest absolute Gasteiger partial charge is 0.321 e. The number of sulfonamides is 1. The first-order valence-electron chi connectivity index (χ1n) is 9.22. The number of fused-ring (bicyclic) bond motifs is 1. The lowest BCUT2D eigenvalue weighted by atomic mass is 10.2. The first-order valence-corrected chi connectivity index (χ1v) is 12.3. The van der Waals surface area contributed by atoms with Gasteiger partial charge in [0.05, 0.1) is 20.6 Å². The quantitative estimate of drug-likeness (QED) is 0.314. The lowest BCUT2D eigenvalue weighted by Gasteiger charge is -2.13. The van der Waals surface area contributed by atoms with Crippen molar-refractivity contribution in [3.05, 3.63) is 87.0 Å². The van der Waals surface area contributed by atoms with Crippen LogP contribution in [0, 0.1) is 12.7 Å². The van der Waals surface area contributed by atoms with Gasteiger partial charge in [0.2, 0.25) is 0 Å². The maximum atomic E-state index is 13.5. The first kappa shape index (κ1) is 22.5. The number of thiophene rings is 1. The molecule has 5 nitrogen and oxygen atoms in total. The van der Waals surface area contributed by atoms with Crippen LogP contribution in [0.3, 0.4) is 0 Å². The highest BCUT2D eigenvalue weighted by molar-refractivity contribution is 7.92. The molecule has 0 aliphatic heterocycles. The van der Waals surface area contributed by atoms with Crippen LogP contribution in [0.2, 0.25) is 10.0 Å². The van der Waals surface area contributed by atoms with Crippen LogP contribution in [0.25, 0.3) is 10.1 Å². The fourth-order valence-corrected chi connectivity index (χ4v) is 6.11. The van der Waals surface area contributed by atoms with E-state index >= 15 is 0 Å². The summed E-state index contributed by atoms with van der Waals surface area (Å²) in [6, 6.07) is 15.1. The molecule has 164 valence electrons. The number of amides is 1. The fourth-order valence-electron chi connectivity index (χ4n) is 3.08. The molecule has 0 spiro atoms. The predicted molar refractivity (Wildman–Crippen MR) is 128 cm³/mol.